The second-order valence-electron chi connectivity index (χ2n) is 7.45. The molecule has 148 valence electrons. The second-order valence-corrected chi connectivity index (χ2v) is 7.45. The van der Waals surface area contributed by atoms with Crippen LogP contribution in [0.15, 0.2) is 24.3 Å². The minimum absolute atomic E-state index is 0.106. The van der Waals surface area contributed by atoms with Crippen molar-refractivity contribution in [3.63, 3.8) is 0 Å². The van der Waals surface area contributed by atoms with Gasteiger partial charge in [-0.05, 0) is 44.0 Å². The van der Waals surface area contributed by atoms with Crippen molar-refractivity contribution in [2.24, 2.45) is 0 Å². The SMILES string of the molecule is COCCC(=O)N1CCC(Oc2ccc(C(=O)N3CCC[C@@H]3C)cc2)CC1. The maximum absolute atomic E-state index is 12.6. The van der Waals surface area contributed by atoms with Gasteiger partial charge in [-0.1, -0.05) is 0 Å². The van der Waals surface area contributed by atoms with Crippen LogP contribution in [0.4, 0.5) is 0 Å². The van der Waals surface area contributed by atoms with Crippen molar-refractivity contribution >= 4 is 11.8 Å². The molecule has 0 bridgehead atoms. The quantitative estimate of drug-likeness (QED) is 0.768. The summed E-state index contributed by atoms with van der Waals surface area (Å²) in [5, 5.41) is 0. The first kappa shape index (κ1) is 19.7. The molecule has 0 radical (unpaired) electrons. The van der Waals surface area contributed by atoms with Crippen LogP contribution < -0.4 is 4.74 Å². The van der Waals surface area contributed by atoms with Gasteiger partial charge in [-0.3, -0.25) is 9.59 Å². The molecule has 1 aromatic carbocycles. The van der Waals surface area contributed by atoms with Crippen LogP contribution in [-0.4, -0.2) is 67.1 Å². The molecule has 2 amide bonds. The van der Waals surface area contributed by atoms with Gasteiger partial charge >= 0.3 is 0 Å². The molecule has 2 saturated heterocycles. The lowest BCUT2D eigenvalue weighted by molar-refractivity contribution is -0.133. The average Bonchev–Trinajstić information content (AvgIpc) is 3.12. The highest BCUT2D eigenvalue weighted by molar-refractivity contribution is 5.94. The molecule has 2 fully saturated rings. The van der Waals surface area contributed by atoms with Crippen LogP contribution >= 0.6 is 0 Å². The number of methoxy groups -OCH3 is 1. The fraction of sp³-hybridized carbons (Fsp3) is 0.619. The standard InChI is InChI=1S/C21H30N2O4/c1-16-4-3-12-23(16)21(25)17-5-7-18(8-6-17)27-19-9-13-22(14-10-19)20(24)11-15-26-2/h5-8,16,19H,3-4,9-15H2,1-2H3/t16-/m0/s1. The number of carbonyl (C=O) groups excluding carboxylic acids is 2. The molecule has 0 N–H and O–H groups in total. The summed E-state index contributed by atoms with van der Waals surface area (Å²) in [5.74, 6) is 1.04. The van der Waals surface area contributed by atoms with Gasteiger partial charge in [0.2, 0.25) is 5.91 Å². The number of ether oxygens (including phenoxy) is 2. The Morgan fingerprint density at radius 3 is 2.37 bits per heavy atom. The van der Waals surface area contributed by atoms with Crippen LogP contribution in [0.1, 0.15) is 49.4 Å². The Morgan fingerprint density at radius 1 is 1.07 bits per heavy atom. The number of rotatable bonds is 6. The predicted octanol–water partition coefficient (Wildman–Crippen LogP) is 2.72. The van der Waals surface area contributed by atoms with E-state index in [1.165, 1.54) is 0 Å². The molecule has 1 atom stereocenters. The third-order valence-electron chi connectivity index (χ3n) is 5.53. The number of amides is 2. The summed E-state index contributed by atoms with van der Waals surface area (Å²) < 4.78 is 11.0. The lowest BCUT2D eigenvalue weighted by atomic mass is 10.1. The number of hydrogen-bond donors (Lipinski definition) is 0. The van der Waals surface area contributed by atoms with E-state index < -0.39 is 0 Å². The minimum Gasteiger partial charge on any atom is -0.490 e. The van der Waals surface area contributed by atoms with Crippen LogP contribution in [-0.2, 0) is 9.53 Å². The van der Waals surface area contributed by atoms with Gasteiger partial charge in [-0.25, -0.2) is 0 Å². The lowest BCUT2D eigenvalue weighted by Gasteiger charge is -2.32. The number of nitrogens with zero attached hydrogens (tertiary/aromatic N) is 2. The van der Waals surface area contributed by atoms with Crippen LogP contribution in [0.5, 0.6) is 5.75 Å². The maximum atomic E-state index is 12.6. The third kappa shape index (κ3) is 5.01. The first-order valence-electron chi connectivity index (χ1n) is 9.93. The van der Waals surface area contributed by atoms with Gasteiger partial charge in [0.1, 0.15) is 11.9 Å². The average molecular weight is 374 g/mol. The van der Waals surface area contributed by atoms with Crippen LogP contribution in [0, 0.1) is 0 Å². The molecule has 6 nitrogen and oxygen atoms in total. The van der Waals surface area contributed by atoms with E-state index >= 15 is 0 Å². The highest BCUT2D eigenvalue weighted by Crippen LogP contribution is 2.23. The monoisotopic (exact) mass is 374 g/mol. The molecular formula is C21H30N2O4. The molecule has 6 heteroatoms. The van der Waals surface area contributed by atoms with Crippen molar-refractivity contribution < 1.29 is 19.1 Å². The zero-order valence-corrected chi connectivity index (χ0v) is 16.4. The maximum Gasteiger partial charge on any atom is 0.254 e. The Kier molecular flexibility index (Phi) is 6.72. The third-order valence-corrected chi connectivity index (χ3v) is 5.53. The highest BCUT2D eigenvalue weighted by atomic mass is 16.5. The molecule has 0 saturated carbocycles. The summed E-state index contributed by atoms with van der Waals surface area (Å²) in [5.41, 5.74) is 0.717. The van der Waals surface area contributed by atoms with Gasteiger partial charge in [-0.15, -0.1) is 0 Å². The number of hydrogen-bond acceptors (Lipinski definition) is 4. The van der Waals surface area contributed by atoms with Gasteiger partial charge in [-0.2, -0.15) is 0 Å². The highest BCUT2D eigenvalue weighted by Gasteiger charge is 2.26. The van der Waals surface area contributed by atoms with Crippen LogP contribution in [0.2, 0.25) is 0 Å². The number of piperidine rings is 1. The van der Waals surface area contributed by atoms with Crippen molar-refractivity contribution in [2.75, 3.05) is 33.4 Å². The fourth-order valence-corrected chi connectivity index (χ4v) is 3.84. The second kappa shape index (κ2) is 9.22. The smallest absolute Gasteiger partial charge is 0.254 e. The zero-order valence-electron chi connectivity index (χ0n) is 16.4. The summed E-state index contributed by atoms with van der Waals surface area (Å²) in [6.45, 7) is 4.86. The van der Waals surface area contributed by atoms with Gasteiger partial charge in [0.15, 0.2) is 0 Å². The molecule has 0 aromatic heterocycles. The summed E-state index contributed by atoms with van der Waals surface area (Å²) >= 11 is 0. The Bertz CT molecular complexity index is 638. The van der Waals surface area contributed by atoms with Gasteiger partial charge in [0.25, 0.3) is 5.91 Å². The van der Waals surface area contributed by atoms with Gasteiger partial charge in [0.05, 0.1) is 13.0 Å². The zero-order chi connectivity index (χ0) is 19.2. The van der Waals surface area contributed by atoms with Crippen molar-refractivity contribution in [3.8, 4) is 5.75 Å². The van der Waals surface area contributed by atoms with Gasteiger partial charge in [0, 0.05) is 51.2 Å². The molecular weight excluding hydrogens is 344 g/mol. The Labute approximate surface area is 161 Å². The summed E-state index contributed by atoms with van der Waals surface area (Å²) in [7, 11) is 1.61. The first-order valence-corrected chi connectivity index (χ1v) is 9.93. The molecule has 2 heterocycles. The van der Waals surface area contributed by atoms with E-state index in [2.05, 4.69) is 6.92 Å². The van der Waals surface area contributed by atoms with E-state index in [9.17, 15) is 9.59 Å². The van der Waals surface area contributed by atoms with Crippen LogP contribution in [0.3, 0.4) is 0 Å². The Balaban J connectivity index is 1.48. The van der Waals surface area contributed by atoms with Gasteiger partial charge < -0.3 is 19.3 Å². The normalized spacial score (nSPS) is 20.7. The van der Waals surface area contributed by atoms with E-state index in [1.54, 1.807) is 7.11 Å². The molecule has 0 aliphatic carbocycles. The molecule has 2 aliphatic heterocycles. The first-order chi connectivity index (χ1) is 13.1. The molecule has 0 unspecified atom stereocenters. The summed E-state index contributed by atoms with van der Waals surface area (Å²) in [6.07, 6.45) is 4.36. The van der Waals surface area contributed by atoms with Crippen molar-refractivity contribution in [3.05, 3.63) is 29.8 Å². The van der Waals surface area contributed by atoms with Crippen LogP contribution in [0.25, 0.3) is 0 Å². The number of benzene rings is 1. The Morgan fingerprint density at radius 2 is 1.78 bits per heavy atom. The Hall–Kier alpha value is -2.08. The molecule has 27 heavy (non-hydrogen) atoms. The number of carbonyl (C=O) groups is 2. The van der Waals surface area contributed by atoms with E-state index in [1.807, 2.05) is 34.1 Å². The topological polar surface area (TPSA) is 59.1 Å². The number of likely N-dealkylation sites (tertiary alicyclic amines) is 2. The predicted molar refractivity (Wildman–Crippen MR) is 103 cm³/mol. The lowest BCUT2D eigenvalue weighted by Crippen LogP contribution is -2.42. The molecule has 1 aromatic rings. The van der Waals surface area contributed by atoms with Crippen molar-refractivity contribution in [1.82, 2.24) is 9.80 Å². The molecule has 3 rings (SSSR count). The summed E-state index contributed by atoms with van der Waals surface area (Å²) in [4.78, 5) is 28.4. The molecule has 2 aliphatic rings. The van der Waals surface area contributed by atoms with E-state index in [4.69, 9.17) is 9.47 Å². The molecule has 0 spiro atoms. The van der Waals surface area contributed by atoms with Crippen molar-refractivity contribution in [2.45, 2.75) is 51.2 Å². The summed E-state index contributed by atoms with van der Waals surface area (Å²) in [6, 6.07) is 7.79. The minimum atomic E-state index is 0.106. The van der Waals surface area contributed by atoms with E-state index in [-0.39, 0.29) is 17.9 Å². The van der Waals surface area contributed by atoms with E-state index in [0.717, 1.165) is 56.6 Å². The van der Waals surface area contributed by atoms with E-state index in [0.29, 0.717) is 19.1 Å². The largest absolute Gasteiger partial charge is 0.490 e. The van der Waals surface area contributed by atoms with Crippen molar-refractivity contribution in [1.29, 1.82) is 0 Å². The fourth-order valence-electron chi connectivity index (χ4n) is 3.84.